The van der Waals surface area contributed by atoms with E-state index in [1.54, 1.807) is 0 Å². The predicted octanol–water partition coefficient (Wildman–Crippen LogP) is 4.30. The lowest BCUT2D eigenvalue weighted by atomic mass is 9.93. The van der Waals surface area contributed by atoms with E-state index in [2.05, 4.69) is 10.6 Å². The van der Waals surface area contributed by atoms with E-state index in [0.29, 0.717) is 18.2 Å². The van der Waals surface area contributed by atoms with Gasteiger partial charge in [-0.15, -0.1) is 0 Å². The molecule has 160 valence electrons. The van der Waals surface area contributed by atoms with Gasteiger partial charge < -0.3 is 14.4 Å². The Morgan fingerprint density at radius 1 is 0.933 bits per heavy atom. The first-order chi connectivity index (χ1) is 14.5. The van der Waals surface area contributed by atoms with Crippen molar-refractivity contribution in [1.29, 1.82) is 0 Å². The number of benzene rings is 1. The number of rotatable bonds is 7. The number of aromatic nitrogens is 1. The summed E-state index contributed by atoms with van der Waals surface area (Å²) in [5.74, 6) is 0.0644. The molecule has 0 saturated heterocycles. The highest BCUT2D eigenvalue weighted by atomic mass is 16.2. The van der Waals surface area contributed by atoms with Crippen LogP contribution in [0.15, 0.2) is 42.6 Å². The van der Waals surface area contributed by atoms with Crippen LogP contribution in [0.25, 0.3) is 0 Å². The Kier molecular flexibility index (Phi) is 6.26. The van der Waals surface area contributed by atoms with Crippen LogP contribution in [0.2, 0.25) is 0 Å². The van der Waals surface area contributed by atoms with Crippen molar-refractivity contribution in [3.05, 3.63) is 59.4 Å². The molecule has 0 unspecified atom stereocenters. The van der Waals surface area contributed by atoms with Gasteiger partial charge in [0.1, 0.15) is 6.54 Å². The quantitative estimate of drug-likeness (QED) is 0.687. The number of hydrogen-bond donors (Lipinski definition) is 0. The average Bonchev–Trinajstić information content (AvgIpc) is 3.52. The first kappa shape index (κ1) is 20.7. The molecule has 5 nitrogen and oxygen atoms in total. The third-order valence-electron chi connectivity index (χ3n) is 6.57. The maximum absolute atomic E-state index is 13.4. The molecular formula is C25H33N3O2. The molecule has 2 saturated carbocycles. The summed E-state index contributed by atoms with van der Waals surface area (Å²) >= 11 is 0. The summed E-state index contributed by atoms with van der Waals surface area (Å²) in [5, 5.41) is 0. The molecule has 0 radical (unpaired) electrons. The molecule has 1 heterocycles. The Morgan fingerprint density at radius 2 is 1.60 bits per heavy atom. The topological polar surface area (TPSA) is 45.6 Å². The summed E-state index contributed by atoms with van der Waals surface area (Å²) in [6.45, 7) is 2.82. The van der Waals surface area contributed by atoms with Crippen LogP contribution >= 0.6 is 0 Å². The molecular weight excluding hydrogens is 374 g/mol. The van der Waals surface area contributed by atoms with E-state index < -0.39 is 0 Å². The summed E-state index contributed by atoms with van der Waals surface area (Å²) < 4.78 is 2.07. The smallest absolute Gasteiger partial charge is 0.254 e. The first-order valence-corrected chi connectivity index (χ1v) is 11.3. The number of hydrogen-bond acceptors (Lipinski definition) is 2. The predicted molar refractivity (Wildman–Crippen MR) is 118 cm³/mol. The Morgan fingerprint density at radius 3 is 2.20 bits per heavy atom. The molecule has 1 aromatic heterocycles. The molecule has 0 atom stereocenters. The van der Waals surface area contributed by atoms with Crippen LogP contribution in [0.1, 0.15) is 66.6 Å². The van der Waals surface area contributed by atoms with E-state index in [9.17, 15) is 9.59 Å². The standard InChI is InChI=1S/C25H33N3O2/c1-19-10-12-20(13-11-19)25(30)28(21-7-4-3-5-8-21)18-24(29)27(22-14-15-22)17-23-9-6-16-26(23)2/h6,9-13,16,21-22H,3-5,7-8,14-15,17-18H2,1-2H3. The van der Waals surface area contributed by atoms with Crippen molar-refractivity contribution in [1.82, 2.24) is 14.4 Å². The van der Waals surface area contributed by atoms with Gasteiger partial charge in [0.25, 0.3) is 5.91 Å². The number of aryl methyl sites for hydroxylation is 2. The van der Waals surface area contributed by atoms with Crippen molar-refractivity contribution in [2.75, 3.05) is 6.54 Å². The Labute approximate surface area is 179 Å². The van der Waals surface area contributed by atoms with Gasteiger partial charge in [0, 0.05) is 36.6 Å². The molecule has 2 aromatic rings. The molecule has 2 aliphatic rings. The van der Waals surface area contributed by atoms with Crippen LogP contribution in [0.3, 0.4) is 0 Å². The fraction of sp³-hybridized carbons (Fsp3) is 0.520. The largest absolute Gasteiger partial charge is 0.353 e. The molecule has 2 amide bonds. The molecule has 30 heavy (non-hydrogen) atoms. The van der Waals surface area contributed by atoms with Gasteiger partial charge in [0.05, 0.1) is 6.54 Å². The van der Waals surface area contributed by atoms with E-state index in [0.717, 1.165) is 49.8 Å². The highest BCUT2D eigenvalue weighted by Gasteiger charge is 2.36. The second kappa shape index (κ2) is 9.07. The Hall–Kier alpha value is -2.56. The lowest BCUT2D eigenvalue weighted by Gasteiger charge is -2.35. The fourth-order valence-corrected chi connectivity index (χ4v) is 4.50. The summed E-state index contributed by atoms with van der Waals surface area (Å²) in [5.41, 5.74) is 2.94. The van der Waals surface area contributed by atoms with Crippen molar-refractivity contribution in [2.24, 2.45) is 7.05 Å². The minimum atomic E-state index is -0.00939. The summed E-state index contributed by atoms with van der Waals surface area (Å²) in [4.78, 5) is 30.7. The number of carbonyl (C=O) groups excluding carboxylic acids is 2. The van der Waals surface area contributed by atoms with Crippen LogP contribution in [0.5, 0.6) is 0 Å². The van der Waals surface area contributed by atoms with Gasteiger partial charge >= 0.3 is 0 Å². The van der Waals surface area contributed by atoms with E-state index in [-0.39, 0.29) is 24.4 Å². The van der Waals surface area contributed by atoms with E-state index >= 15 is 0 Å². The summed E-state index contributed by atoms with van der Waals surface area (Å²) in [6, 6.07) is 12.3. The molecule has 1 aromatic carbocycles. The van der Waals surface area contributed by atoms with E-state index in [4.69, 9.17) is 0 Å². The third kappa shape index (κ3) is 4.77. The minimum absolute atomic E-state index is 0.00939. The van der Waals surface area contributed by atoms with Crippen LogP contribution < -0.4 is 0 Å². The maximum Gasteiger partial charge on any atom is 0.254 e. The van der Waals surface area contributed by atoms with Crippen LogP contribution in [-0.2, 0) is 18.4 Å². The normalized spacial score (nSPS) is 17.0. The van der Waals surface area contributed by atoms with Gasteiger partial charge in [0.2, 0.25) is 5.91 Å². The second-order valence-corrected chi connectivity index (χ2v) is 8.95. The van der Waals surface area contributed by atoms with Crippen LogP contribution in [0, 0.1) is 6.92 Å². The first-order valence-electron chi connectivity index (χ1n) is 11.3. The van der Waals surface area contributed by atoms with Gasteiger partial charge in [-0.3, -0.25) is 9.59 Å². The molecule has 0 bridgehead atoms. The monoisotopic (exact) mass is 407 g/mol. The van der Waals surface area contributed by atoms with Gasteiger partial charge in [0.15, 0.2) is 0 Å². The lowest BCUT2D eigenvalue weighted by molar-refractivity contribution is -0.133. The SMILES string of the molecule is Cc1ccc(C(=O)N(CC(=O)N(Cc2cccn2C)C2CC2)C2CCCCC2)cc1. The third-order valence-corrected chi connectivity index (χ3v) is 6.57. The zero-order chi connectivity index (χ0) is 21.1. The lowest BCUT2D eigenvalue weighted by Crippen LogP contribution is -2.48. The molecule has 0 aliphatic heterocycles. The van der Waals surface area contributed by atoms with Crippen molar-refractivity contribution >= 4 is 11.8 Å². The highest BCUT2D eigenvalue weighted by molar-refractivity contribution is 5.96. The van der Waals surface area contributed by atoms with Crippen molar-refractivity contribution in [3.63, 3.8) is 0 Å². The van der Waals surface area contributed by atoms with Crippen molar-refractivity contribution < 1.29 is 9.59 Å². The molecule has 2 fully saturated rings. The molecule has 0 spiro atoms. The number of amides is 2. The van der Waals surface area contributed by atoms with Gasteiger partial charge in [-0.2, -0.15) is 0 Å². The molecule has 4 rings (SSSR count). The molecule has 5 heteroatoms. The molecule has 0 N–H and O–H groups in total. The Bertz CT molecular complexity index is 876. The fourth-order valence-electron chi connectivity index (χ4n) is 4.50. The van der Waals surface area contributed by atoms with Crippen LogP contribution in [-0.4, -0.2) is 44.8 Å². The van der Waals surface area contributed by atoms with Gasteiger partial charge in [-0.25, -0.2) is 0 Å². The average molecular weight is 408 g/mol. The van der Waals surface area contributed by atoms with Crippen molar-refractivity contribution in [3.8, 4) is 0 Å². The van der Waals surface area contributed by atoms with E-state index in [1.807, 2.05) is 60.3 Å². The number of carbonyl (C=O) groups is 2. The second-order valence-electron chi connectivity index (χ2n) is 8.95. The zero-order valence-electron chi connectivity index (χ0n) is 18.2. The maximum atomic E-state index is 13.4. The minimum Gasteiger partial charge on any atom is -0.353 e. The zero-order valence-corrected chi connectivity index (χ0v) is 18.2. The number of nitrogens with zero attached hydrogens (tertiary/aromatic N) is 3. The van der Waals surface area contributed by atoms with Crippen LogP contribution in [0.4, 0.5) is 0 Å². The van der Waals surface area contributed by atoms with E-state index in [1.165, 1.54) is 6.42 Å². The Balaban J connectivity index is 1.53. The molecule has 2 aliphatic carbocycles. The highest BCUT2D eigenvalue weighted by Crippen LogP contribution is 2.30. The summed E-state index contributed by atoms with van der Waals surface area (Å²) in [7, 11) is 2.01. The van der Waals surface area contributed by atoms with Gasteiger partial charge in [-0.1, -0.05) is 37.0 Å². The summed E-state index contributed by atoms with van der Waals surface area (Å²) in [6.07, 6.45) is 9.60. The van der Waals surface area contributed by atoms with Gasteiger partial charge in [-0.05, 0) is 56.9 Å². The van der Waals surface area contributed by atoms with Crippen molar-refractivity contribution in [2.45, 2.75) is 70.5 Å².